The highest BCUT2D eigenvalue weighted by Crippen LogP contribution is 2.34. The van der Waals surface area contributed by atoms with E-state index >= 15 is 0 Å². The molecule has 4 rings (SSSR count). The van der Waals surface area contributed by atoms with Gasteiger partial charge in [-0.3, -0.25) is 9.59 Å². The number of fused-ring (bicyclic) bond motifs is 1. The quantitative estimate of drug-likeness (QED) is 0.254. The lowest BCUT2D eigenvalue weighted by molar-refractivity contribution is -0.132. The molecule has 1 saturated heterocycles. The predicted molar refractivity (Wildman–Crippen MR) is 165 cm³/mol. The Morgan fingerprint density at radius 2 is 1.90 bits per heavy atom. The van der Waals surface area contributed by atoms with Crippen molar-refractivity contribution in [3.05, 3.63) is 76.0 Å². The van der Waals surface area contributed by atoms with E-state index in [1.807, 2.05) is 51.4 Å². The predicted octanol–water partition coefficient (Wildman–Crippen LogP) is 4.35. The Bertz CT molecular complexity index is 1390. The lowest BCUT2D eigenvalue weighted by Crippen LogP contribution is -2.58. The number of amides is 2. The van der Waals surface area contributed by atoms with Gasteiger partial charge in [-0.1, -0.05) is 37.2 Å². The molecule has 1 fully saturated rings. The Labute approximate surface area is 247 Å². The molecule has 1 aliphatic heterocycles. The molecule has 1 N–H and O–H groups in total. The Kier molecular flexibility index (Phi) is 11.6. The molecule has 8 nitrogen and oxygen atoms in total. The summed E-state index contributed by atoms with van der Waals surface area (Å²) in [7, 11) is 5.72. The van der Waals surface area contributed by atoms with Gasteiger partial charge in [0.15, 0.2) is 0 Å². The highest BCUT2D eigenvalue weighted by Gasteiger charge is 2.30. The number of halogens is 1. The van der Waals surface area contributed by atoms with Crippen LogP contribution in [0.3, 0.4) is 0 Å². The third kappa shape index (κ3) is 7.37. The van der Waals surface area contributed by atoms with Crippen molar-refractivity contribution in [2.75, 3.05) is 34.3 Å². The van der Waals surface area contributed by atoms with E-state index in [4.69, 9.17) is 16.3 Å². The maximum Gasteiger partial charge on any atom is 0.246 e. The monoisotopic (exact) mass is 580 g/mol. The van der Waals surface area contributed by atoms with Gasteiger partial charge in [-0.25, -0.2) is 0 Å². The molecule has 1 aliphatic rings. The van der Waals surface area contributed by atoms with Crippen LogP contribution in [0.25, 0.3) is 10.9 Å². The van der Waals surface area contributed by atoms with Crippen molar-refractivity contribution in [2.24, 2.45) is 0 Å². The van der Waals surface area contributed by atoms with Crippen LogP contribution in [0.2, 0.25) is 5.02 Å². The van der Waals surface area contributed by atoms with Crippen molar-refractivity contribution in [3.63, 3.8) is 0 Å². The molecule has 0 aliphatic carbocycles. The van der Waals surface area contributed by atoms with Crippen molar-refractivity contribution in [1.82, 2.24) is 19.7 Å². The number of aryl methyl sites for hydroxylation is 2. The first-order valence-corrected chi connectivity index (χ1v) is 14.2. The van der Waals surface area contributed by atoms with Crippen LogP contribution in [0.1, 0.15) is 34.9 Å². The minimum atomic E-state index is 0.0445. The van der Waals surface area contributed by atoms with Gasteiger partial charge in [0, 0.05) is 41.8 Å². The molecule has 0 saturated carbocycles. The number of carbonyl (C=O) groups is 3. The average Bonchev–Trinajstić information content (AvgIpc) is 3.22. The van der Waals surface area contributed by atoms with E-state index in [1.54, 1.807) is 12.0 Å². The number of likely N-dealkylation sites (N-methyl/N-ethyl adjacent to an activating group) is 1. The number of hydrogen-bond donors (Lipinski definition) is 1. The molecule has 0 unspecified atom stereocenters. The topological polar surface area (TPSA) is 83.9 Å². The van der Waals surface area contributed by atoms with Crippen LogP contribution in [0.4, 0.5) is 0 Å². The van der Waals surface area contributed by atoms with E-state index in [0.717, 1.165) is 77.7 Å². The van der Waals surface area contributed by atoms with Gasteiger partial charge < -0.3 is 29.2 Å². The molecule has 2 heterocycles. The summed E-state index contributed by atoms with van der Waals surface area (Å²) in [6.07, 6.45) is 5.36. The van der Waals surface area contributed by atoms with Crippen molar-refractivity contribution in [2.45, 2.75) is 52.2 Å². The SMILES string of the molecule is C=CC(=O)N1CC(N(C)C)C1.CCc1c(CCc2c(CNC=O)cccc2OC)c2cc(Cl)cc(C)c2n1CC=O. The summed E-state index contributed by atoms with van der Waals surface area (Å²) in [6, 6.07) is 10.4. The summed E-state index contributed by atoms with van der Waals surface area (Å²) in [5.41, 5.74) is 6.61. The highest BCUT2D eigenvalue weighted by atomic mass is 35.5. The molecule has 9 heteroatoms. The summed E-state index contributed by atoms with van der Waals surface area (Å²) in [5.74, 6) is 0.854. The van der Waals surface area contributed by atoms with Gasteiger partial charge >= 0.3 is 0 Å². The van der Waals surface area contributed by atoms with Crippen molar-refractivity contribution >= 4 is 41.1 Å². The number of hydrogen-bond acceptors (Lipinski definition) is 5. The summed E-state index contributed by atoms with van der Waals surface area (Å²) >= 11 is 6.38. The first-order chi connectivity index (χ1) is 19.7. The fourth-order valence-corrected chi connectivity index (χ4v) is 5.75. The van der Waals surface area contributed by atoms with Gasteiger partial charge in [-0.2, -0.15) is 0 Å². The molecule has 0 atom stereocenters. The van der Waals surface area contributed by atoms with Crippen LogP contribution in [-0.4, -0.2) is 73.3 Å². The van der Waals surface area contributed by atoms with Crippen LogP contribution < -0.4 is 10.1 Å². The van der Waals surface area contributed by atoms with Gasteiger partial charge in [0.05, 0.1) is 19.2 Å². The minimum absolute atomic E-state index is 0.0445. The van der Waals surface area contributed by atoms with E-state index in [0.29, 0.717) is 30.6 Å². The van der Waals surface area contributed by atoms with E-state index in [1.165, 1.54) is 11.6 Å². The molecule has 2 aromatic carbocycles. The van der Waals surface area contributed by atoms with Crippen molar-refractivity contribution in [3.8, 4) is 5.75 Å². The first kappa shape index (κ1) is 31.9. The number of likely N-dealkylation sites (tertiary alicyclic amines) is 1. The number of rotatable bonds is 12. The number of aldehydes is 1. The van der Waals surface area contributed by atoms with E-state index < -0.39 is 0 Å². The van der Waals surface area contributed by atoms with Crippen LogP contribution in [-0.2, 0) is 46.7 Å². The van der Waals surface area contributed by atoms with Crippen LogP contribution in [0.5, 0.6) is 5.75 Å². The van der Waals surface area contributed by atoms with E-state index in [9.17, 15) is 14.4 Å². The number of aromatic nitrogens is 1. The number of ether oxygens (including phenoxy) is 1. The number of methoxy groups -OCH3 is 1. The van der Waals surface area contributed by atoms with Crippen LogP contribution in [0.15, 0.2) is 43.0 Å². The summed E-state index contributed by atoms with van der Waals surface area (Å²) < 4.78 is 7.70. The highest BCUT2D eigenvalue weighted by molar-refractivity contribution is 6.31. The Morgan fingerprint density at radius 3 is 2.49 bits per heavy atom. The average molecular weight is 581 g/mol. The Balaban J connectivity index is 0.000000352. The second-order valence-electron chi connectivity index (χ2n) is 10.3. The molecule has 220 valence electrons. The summed E-state index contributed by atoms with van der Waals surface area (Å²) in [4.78, 5) is 37.1. The number of carbonyl (C=O) groups excluding carboxylic acids is 3. The van der Waals surface area contributed by atoms with Crippen LogP contribution >= 0.6 is 11.6 Å². The minimum Gasteiger partial charge on any atom is -0.496 e. The molecule has 0 radical (unpaired) electrons. The second-order valence-corrected chi connectivity index (χ2v) is 10.8. The molecule has 2 amide bonds. The lowest BCUT2D eigenvalue weighted by atomic mass is 9.96. The molecule has 41 heavy (non-hydrogen) atoms. The van der Waals surface area contributed by atoms with Gasteiger partial charge in [-0.15, -0.1) is 0 Å². The summed E-state index contributed by atoms with van der Waals surface area (Å²) in [5, 5.41) is 4.54. The first-order valence-electron chi connectivity index (χ1n) is 13.8. The Morgan fingerprint density at radius 1 is 1.20 bits per heavy atom. The third-order valence-electron chi connectivity index (χ3n) is 7.66. The van der Waals surface area contributed by atoms with Crippen molar-refractivity contribution in [1.29, 1.82) is 0 Å². The Hall–Kier alpha value is -3.62. The number of nitrogens with zero attached hydrogens (tertiary/aromatic N) is 3. The normalized spacial score (nSPS) is 12.9. The largest absolute Gasteiger partial charge is 0.496 e. The lowest BCUT2D eigenvalue weighted by Gasteiger charge is -2.42. The zero-order valence-electron chi connectivity index (χ0n) is 24.7. The fourth-order valence-electron chi connectivity index (χ4n) is 5.48. The molecular formula is C32H41ClN4O4. The molecule has 1 aromatic heterocycles. The molecule has 3 aromatic rings. The van der Waals surface area contributed by atoms with Crippen molar-refractivity contribution < 1.29 is 19.1 Å². The third-order valence-corrected chi connectivity index (χ3v) is 7.87. The second kappa shape index (κ2) is 14.8. The fraction of sp³-hybridized carbons (Fsp3) is 0.406. The van der Waals surface area contributed by atoms with Gasteiger partial charge in [0.25, 0.3) is 0 Å². The standard InChI is InChI=1S/C24H27ClN2O3.C8H14N2O/c1-4-22-20(21-13-18(25)12-16(2)24(21)27(22)10-11-28)9-8-19-17(14-26-15-29)6-5-7-23(19)30-3;1-4-8(11)10-5-7(6-10)9(2)3/h5-7,11-13,15H,4,8-10,14H2,1-3H3,(H,26,29);4,7H,1,5-6H2,2-3H3. The van der Waals surface area contributed by atoms with Gasteiger partial charge in [-0.05, 0) is 86.8 Å². The van der Waals surface area contributed by atoms with Crippen LogP contribution in [0, 0.1) is 6.92 Å². The van der Waals surface area contributed by atoms with E-state index in [2.05, 4.69) is 28.3 Å². The maximum absolute atomic E-state index is 11.4. The molecule has 0 bridgehead atoms. The molecular weight excluding hydrogens is 540 g/mol. The van der Waals surface area contributed by atoms with E-state index in [-0.39, 0.29) is 5.91 Å². The zero-order chi connectivity index (χ0) is 30.1. The van der Waals surface area contributed by atoms with Gasteiger partial charge in [0.2, 0.25) is 12.3 Å². The summed E-state index contributed by atoms with van der Waals surface area (Å²) in [6.45, 7) is 10.0. The van der Waals surface area contributed by atoms with Gasteiger partial charge in [0.1, 0.15) is 12.0 Å². The smallest absolute Gasteiger partial charge is 0.246 e. The number of benzene rings is 2. The number of nitrogens with one attached hydrogen (secondary N) is 1. The molecule has 0 spiro atoms. The zero-order valence-corrected chi connectivity index (χ0v) is 25.5. The maximum atomic E-state index is 11.4.